The molecular formula is C17H16Cl3N3O2. The fourth-order valence-corrected chi connectivity index (χ4v) is 2.68. The molecule has 132 valence electrons. The molecule has 0 aromatic heterocycles. The first kappa shape index (κ1) is 19.4. The summed E-state index contributed by atoms with van der Waals surface area (Å²) >= 11 is 18.2. The van der Waals surface area contributed by atoms with Crippen molar-refractivity contribution >= 4 is 52.7 Å². The summed E-state index contributed by atoms with van der Waals surface area (Å²) in [5.74, 6) is 0.419. The summed E-state index contributed by atoms with van der Waals surface area (Å²) in [6.07, 6.45) is 1.38. The minimum atomic E-state index is -0.504. The number of carbonyl (C=O) groups is 1. The first-order chi connectivity index (χ1) is 11.8. The van der Waals surface area contributed by atoms with Crippen LogP contribution in [0.5, 0.6) is 5.75 Å². The monoisotopic (exact) mass is 399 g/mol. The van der Waals surface area contributed by atoms with E-state index in [9.17, 15) is 4.79 Å². The van der Waals surface area contributed by atoms with Crippen molar-refractivity contribution in [1.82, 2.24) is 5.43 Å². The van der Waals surface area contributed by atoms with Crippen LogP contribution in [0.1, 0.15) is 19.4 Å². The molecule has 0 aliphatic rings. The van der Waals surface area contributed by atoms with Gasteiger partial charge in [0.05, 0.1) is 22.4 Å². The third-order valence-electron chi connectivity index (χ3n) is 2.84. The van der Waals surface area contributed by atoms with Crippen LogP contribution < -0.4 is 15.5 Å². The topological polar surface area (TPSA) is 62.7 Å². The summed E-state index contributed by atoms with van der Waals surface area (Å²) in [6.45, 7) is 3.76. The van der Waals surface area contributed by atoms with Crippen LogP contribution in [0, 0.1) is 0 Å². The number of hydrogen-bond donors (Lipinski definition) is 2. The van der Waals surface area contributed by atoms with E-state index in [-0.39, 0.29) is 6.10 Å². The average Bonchev–Trinajstić information content (AvgIpc) is 2.51. The Bertz CT molecular complexity index is 771. The van der Waals surface area contributed by atoms with Crippen molar-refractivity contribution in [2.24, 2.45) is 5.10 Å². The first-order valence-corrected chi connectivity index (χ1v) is 8.50. The minimum absolute atomic E-state index is 0.0497. The van der Waals surface area contributed by atoms with E-state index in [1.165, 1.54) is 6.21 Å². The van der Waals surface area contributed by atoms with E-state index in [4.69, 9.17) is 39.5 Å². The van der Waals surface area contributed by atoms with Crippen molar-refractivity contribution in [3.8, 4) is 5.75 Å². The Kier molecular flexibility index (Phi) is 6.93. The quantitative estimate of drug-likeness (QED) is 0.507. The third kappa shape index (κ3) is 6.12. The maximum atomic E-state index is 11.8. The van der Waals surface area contributed by atoms with E-state index < -0.39 is 6.03 Å². The summed E-state index contributed by atoms with van der Waals surface area (Å²) in [5, 5.41) is 7.71. The van der Waals surface area contributed by atoms with Crippen molar-refractivity contribution < 1.29 is 9.53 Å². The lowest BCUT2D eigenvalue weighted by atomic mass is 10.2. The van der Waals surface area contributed by atoms with E-state index in [1.807, 2.05) is 13.8 Å². The molecule has 0 aliphatic heterocycles. The number of rotatable bonds is 5. The lowest BCUT2D eigenvalue weighted by Crippen LogP contribution is -2.24. The summed E-state index contributed by atoms with van der Waals surface area (Å²) in [4.78, 5) is 11.8. The zero-order valence-electron chi connectivity index (χ0n) is 13.5. The van der Waals surface area contributed by atoms with Gasteiger partial charge >= 0.3 is 6.03 Å². The van der Waals surface area contributed by atoms with Gasteiger partial charge in [0, 0.05) is 10.7 Å². The molecule has 25 heavy (non-hydrogen) atoms. The molecule has 2 aromatic rings. The Balaban J connectivity index is 1.98. The Morgan fingerprint density at radius 3 is 2.44 bits per heavy atom. The number of carbonyl (C=O) groups excluding carboxylic acids is 1. The molecule has 2 rings (SSSR count). The molecule has 2 N–H and O–H groups in total. The Labute approximate surface area is 160 Å². The number of hydrazone groups is 1. The molecule has 8 heteroatoms. The number of hydrogen-bond acceptors (Lipinski definition) is 3. The highest BCUT2D eigenvalue weighted by atomic mass is 35.5. The highest BCUT2D eigenvalue weighted by molar-refractivity contribution is 6.37. The predicted molar refractivity (Wildman–Crippen MR) is 103 cm³/mol. The second-order valence-electron chi connectivity index (χ2n) is 5.31. The number of nitrogens with one attached hydrogen (secondary N) is 2. The Morgan fingerprint density at radius 2 is 1.84 bits per heavy atom. The largest absolute Gasteiger partial charge is 0.488 e. The molecule has 0 bridgehead atoms. The van der Waals surface area contributed by atoms with Crippen molar-refractivity contribution in [2.75, 3.05) is 5.32 Å². The molecule has 0 fully saturated rings. The standard InChI is InChI=1S/C17H16Cl3N3O2/c1-10(2)25-16-14(19)6-11(7-15(16)20)9-21-23-17(24)22-13-5-3-4-12(18)8-13/h3-10H,1-2H3,(H2,22,23,24)/b21-9-. The van der Waals surface area contributed by atoms with E-state index >= 15 is 0 Å². The molecule has 0 aliphatic carbocycles. The predicted octanol–water partition coefficient (Wildman–Crippen LogP) is 5.59. The molecule has 0 heterocycles. The van der Waals surface area contributed by atoms with Gasteiger partial charge in [0.15, 0.2) is 5.75 Å². The van der Waals surface area contributed by atoms with Crippen molar-refractivity contribution in [3.05, 3.63) is 57.0 Å². The molecule has 0 saturated heterocycles. The molecular weight excluding hydrogens is 385 g/mol. The van der Waals surface area contributed by atoms with Crippen molar-refractivity contribution in [3.63, 3.8) is 0 Å². The van der Waals surface area contributed by atoms with Gasteiger partial charge in [-0.15, -0.1) is 0 Å². The second-order valence-corrected chi connectivity index (χ2v) is 6.57. The summed E-state index contributed by atoms with van der Waals surface area (Å²) in [5.41, 5.74) is 3.52. The Hall–Kier alpha value is -1.95. The number of benzene rings is 2. The molecule has 0 unspecified atom stereocenters. The van der Waals surface area contributed by atoms with Crippen LogP contribution in [0.3, 0.4) is 0 Å². The van der Waals surface area contributed by atoms with Crippen LogP contribution in [-0.4, -0.2) is 18.3 Å². The van der Waals surface area contributed by atoms with Gasteiger partial charge in [0.2, 0.25) is 0 Å². The van der Waals surface area contributed by atoms with Crippen LogP contribution in [-0.2, 0) is 0 Å². The molecule has 0 atom stereocenters. The van der Waals surface area contributed by atoms with Gasteiger partial charge < -0.3 is 10.1 Å². The number of urea groups is 1. The van der Waals surface area contributed by atoms with Gasteiger partial charge in [0.25, 0.3) is 0 Å². The molecule has 0 spiro atoms. The maximum Gasteiger partial charge on any atom is 0.339 e. The van der Waals surface area contributed by atoms with Gasteiger partial charge in [0.1, 0.15) is 0 Å². The highest BCUT2D eigenvalue weighted by Crippen LogP contribution is 2.34. The van der Waals surface area contributed by atoms with Gasteiger partial charge in [-0.3, -0.25) is 0 Å². The highest BCUT2D eigenvalue weighted by Gasteiger charge is 2.10. The Morgan fingerprint density at radius 1 is 1.16 bits per heavy atom. The fraction of sp³-hybridized carbons (Fsp3) is 0.176. The lowest BCUT2D eigenvalue weighted by Gasteiger charge is -2.13. The fourth-order valence-electron chi connectivity index (χ4n) is 1.89. The number of anilines is 1. The first-order valence-electron chi connectivity index (χ1n) is 7.36. The smallest absolute Gasteiger partial charge is 0.339 e. The SMILES string of the molecule is CC(C)Oc1c(Cl)cc(/C=N\NC(=O)Nc2cccc(Cl)c2)cc1Cl. The van der Waals surface area contributed by atoms with Crippen molar-refractivity contribution in [1.29, 1.82) is 0 Å². The summed E-state index contributed by atoms with van der Waals surface area (Å²) in [7, 11) is 0. The zero-order chi connectivity index (χ0) is 18.4. The zero-order valence-corrected chi connectivity index (χ0v) is 15.8. The summed E-state index contributed by atoms with van der Waals surface area (Å²) < 4.78 is 5.55. The van der Waals surface area contributed by atoms with Gasteiger partial charge in [-0.2, -0.15) is 5.10 Å². The molecule has 5 nitrogen and oxygen atoms in total. The van der Waals surface area contributed by atoms with E-state index in [0.29, 0.717) is 32.1 Å². The van der Waals surface area contributed by atoms with Gasteiger partial charge in [-0.25, -0.2) is 10.2 Å². The third-order valence-corrected chi connectivity index (χ3v) is 3.63. The number of amides is 2. The molecule has 2 amide bonds. The lowest BCUT2D eigenvalue weighted by molar-refractivity contribution is 0.242. The van der Waals surface area contributed by atoms with E-state index in [1.54, 1.807) is 36.4 Å². The second kappa shape index (κ2) is 8.94. The van der Waals surface area contributed by atoms with Gasteiger partial charge in [-0.05, 0) is 49.7 Å². The van der Waals surface area contributed by atoms with Crippen LogP contribution in [0.15, 0.2) is 41.5 Å². The van der Waals surface area contributed by atoms with Crippen LogP contribution in [0.2, 0.25) is 15.1 Å². The minimum Gasteiger partial charge on any atom is -0.488 e. The van der Waals surface area contributed by atoms with Crippen LogP contribution in [0.25, 0.3) is 0 Å². The molecule has 0 saturated carbocycles. The molecule has 2 aromatic carbocycles. The number of nitrogens with zero attached hydrogens (tertiary/aromatic N) is 1. The average molecular weight is 401 g/mol. The summed E-state index contributed by atoms with van der Waals surface area (Å²) in [6, 6.07) is 9.56. The van der Waals surface area contributed by atoms with E-state index in [2.05, 4.69) is 15.8 Å². The van der Waals surface area contributed by atoms with E-state index in [0.717, 1.165) is 0 Å². The maximum absolute atomic E-state index is 11.8. The van der Waals surface area contributed by atoms with Gasteiger partial charge in [-0.1, -0.05) is 40.9 Å². The number of halogens is 3. The van der Waals surface area contributed by atoms with Crippen LogP contribution >= 0.6 is 34.8 Å². The van der Waals surface area contributed by atoms with Crippen LogP contribution in [0.4, 0.5) is 10.5 Å². The number of ether oxygens (including phenoxy) is 1. The molecule has 0 radical (unpaired) electrons. The van der Waals surface area contributed by atoms with Crippen molar-refractivity contribution in [2.45, 2.75) is 20.0 Å². The normalized spacial score (nSPS) is 11.0.